The summed E-state index contributed by atoms with van der Waals surface area (Å²) in [6.45, 7) is 3.94. The van der Waals surface area contributed by atoms with Gasteiger partial charge in [-0.05, 0) is 18.8 Å². The molecule has 3 nitrogen and oxygen atoms in total. The van der Waals surface area contributed by atoms with Crippen LogP contribution in [0.15, 0.2) is 0 Å². The van der Waals surface area contributed by atoms with Crippen molar-refractivity contribution in [2.24, 2.45) is 17.8 Å². The third-order valence-corrected chi connectivity index (χ3v) is 3.04. The van der Waals surface area contributed by atoms with Crippen molar-refractivity contribution < 1.29 is 14.3 Å². The van der Waals surface area contributed by atoms with E-state index in [-0.39, 0.29) is 17.7 Å². The lowest BCUT2D eigenvalue weighted by Gasteiger charge is -2.28. The number of Topliss-reactive ketones (excluding diaryl/α,β-unsaturated/α-hetero) is 1. The van der Waals surface area contributed by atoms with E-state index in [1.807, 2.05) is 6.92 Å². The topological polar surface area (TPSA) is 43.4 Å². The van der Waals surface area contributed by atoms with Crippen LogP contribution in [0.4, 0.5) is 0 Å². The molecule has 1 saturated carbocycles. The zero-order valence-electron chi connectivity index (χ0n) is 8.37. The highest BCUT2D eigenvalue weighted by atomic mass is 16.5. The summed E-state index contributed by atoms with van der Waals surface area (Å²) in [6.07, 6.45) is 1.59. The number of carbonyl (C=O) groups excluding carboxylic acids is 2. The Morgan fingerprint density at radius 3 is 2.54 bits per heavy atom. The first-order valence-corrected chi connectivity index (χ1v) is 4.69. The predicted molar refractivity (Wildman–Crippen MR) is 48.1 cm³/mol. The van der Waals surface area contributed by atoms with E-state index in [0.717, 1.165) is 6.42 Å². The number of esters is 1. The van der Waals surface area contributed by atoms with Gasteiger partial charge in [0, 0.05) is 5.92 Å². The second-order valence-corrected chi connectivity index (χ2v) is 3.82. The van der Waals surface area contributed by atoms with Gasteiger partial charge in [0.25, 0.3) is 0 Å². The maximum atomic E-state index is 11.6. The fourth-order valence-corrected chi connectivity index (χ4v) is 1.80. The molecule has 74 valence electrons. The lowest BCUT2D eigenvalue weighted by Crippen LogP contribution is -2.37. The van der Waals surface area contributed by atoms with E-state index in [2.05, 4.69) is 11.7 Å². The summed E-state index contributed by atoms with van der Waals surface area (Å²) >= 11 is 0. The van der Waals surface area contributed by atoms with E-state index in [9.17, 15) is 9.59 Å². The molecule has 0 aromatic carbocycles. The Labute approximate surface area is 78.5 Å². The van der Waals surface area contributed by atoms with Crippen LogP contribution < -0.4 is 0 Å². The first-order valence-electron chi connectivity index (χ1n) is 4.69. The number of methoxy groups -OCH3 is 1. The Bertz CT molecular complexity index is 222. The van der Waals surface area contributed by atoms with Gasteiger partial charge in [-0.2, -0.15) is 0 Å². The molecule has 0 spiro atoms. The maximum absolute atomic E-state index is 11.6. The Hall–Kier alpha value is -0.860. The van der Waals surface area contributed by atoms with Gasteiger partial charge in [-0.1, -0.05) is 13.8 Å². The molecule has 0 unspecified atom stereocenters. The Balaban J connectivity index is 2.69. The average Bonchev–Trinajstić information content (AvgIpc) is 2.13. The lowest BCUT2D eigenvalue weighted by atomic mass is 9.75. The molecule has 0 saturated heterocycles. The van der Waals surface area contributed by atoms with Crippen molar-refractivity contribution in [1.82, 2.24) is 0 Å². The molecule has 0 amide bonds. The minimum Gasteiger partial charge on any atom is -0.468 e. The van der Waals surface area contributed by atoms with Crippen LogP contribution >= 0.6 is 0 Å². The van der Waals surface area contributed by atoms with Crippen LogP contribution in [0.5, 0.6) is 0 Å². The summed E-state index contributed by atoms with van der Waals surface area (Å²) in [6, 6.07) is 0. The highest BCUT2D eigenvalue weighted by Crippen LogP contribution is 2.30. The first-order chi connectivity index (χ1) is 6.07. The van der Waals surface area contributed by atoms with Gasteiger partial charge in [0.2, 0.25) is 0 Å². The molecule has 0 bridgehead atoms. The van der Waals surface area contributed by atoms with Crippen LogP contribution in [0, 0.1) is 17.8 Å². The van der Waals surface area contributed by atoms with Gasteiger partial charge in [0.15, 0.2) is 0 Å². The zero-order chi connectivity index (χ0) is 10.0. The first kappa shape index (κ1) is 10.2. The van der Waals surface area contributed by atoms with E-state index in [4.69, 9.17) is 0 Å². The molecular formula is C10H16O3. The number of hydrogen-bond acceptors (Lipinski definition) is 3. The van der Waals surface area contributed by atoms with Gasteiger partial charge in [0.1, 0.15) is 11.7 Å². The second kappa shape index (κ2) is 3.90. The third-order valence-electron chi connectivity index (χ3n) is 3.04. The van der Waals surface area contributed by atoms with Crippen molar-refractivity contribution in [3.8, 4) is 0 Å². The summed E-state index contributed by atoms with van der Waals surface area (Å²) in [7, 11) is 1.33. The van der Waals surface area contributed by atoms with Gasteiger partial charge in [-0.15, -0.1) is 0 Å². The van der Waals surface area contributed by atoms with E-state index in [1.54, 1.807) is 0 Å². The van der Waals surface area contributed by atoms with Gasteiger partial charge in [-0.25, -0.2) is 0 Å². The van der Waals surface area contributed by atoms with Crippen molar-refractivity contribution in [2.75, 3.05) is 7.11 Å². The predicted octanol–water partition coefficient (Wildman–Crippen LogP) is 1.41. The lowest BCUT2D eigenvalue weighted by molar-refractivity contribution is -0.152. The van der Waals surface area contributed by atoms with Crippen molar-refractivity contribution in [2.45, 2.75) is 26.7 Å². The number of carbonyl (C=O) groups is 2. The molecule has 1 fully saturated rings. The minimum atomic E-state index is -0.504. The van der Waals surface area contributed by atoms with Gasteiger partial charge in [-0.3, -0.25) is 9.59 Å². The van der Waals surface area contributed by atoms with E-state index < -0.39 is 5.92 Å². The molecule has 1 rings (SSSR count). The molecule has 13 heavy (non-hydrogen) atoms. The number of ketones is 1. The molecule has 0 heterocycles. The van der Waals surface area contributed by atoms with Crippen LogP contribution in [0.3, 0.4) is 0 Å². The zero-order valence-corrected chi connectivity index (χ0v) is 8.37. The van der Waals surface area contributed by atoms with Crippen LogP contribution in [-0.4, -0.2) is 18.9 Å². The summed E-state index contributed by atoms with van der Waals surface area (Å²) in [5, 5.41) is 0. The molecule has 0 aromatic rings. The highest BCUT2D eigenvalue weighted by molar-refractivity contribution is 6.00. The van der Waals surface area contributed by atoms with Crippen LogP contribution in [0.2, 0.25) is 0 Å². The monoisotopic (exact) mass is 184 g/mol. The van der Waals surface area contributed by atoms with Crippen molar-refractivity contribution in [1.29, 1.82) is 0 Å². The summed E-state index contributed by atoms with van der Waals surface area (Å²) in [5.74, 6) is -0.434. The van der Waals surface area contributed by atoms with E-state index in [0.29, 0.717) is 12.3 Å². The normalized spacial score (nSPS) is 34.4. The van der Waals surface area contributed by atoms with Gasteiger partial charge >= 0.3 is 5.97 Å². The number of rotatable bonds is 1. The molecule has 3 heteroatoms. The van der Waals surface area contributed by atoms with Crippen molar-refractivity contribution >= 4 is 11.8 Å². The van der Waals surface area contributed by atoms with Crippen LogP contribution in [0.25, 0.3) is 0 Å². The smallest absolute Gasteiger partial charge is 0.316 e. The highest BCUT2D eigenvalue weighted by Gasteiger charge is 2.37. The van der Waals surface area contributed by atoms with E-state index in [1.165, 1.54) is 7.11 Å². The number of ether oxygens (including phenoxy) is 1. The summed E-state index contributed by atoms with van der Waals surface area (Å²) in [5.41, 5.74) is 0. The Morgan fingerprint density at radius 1 is 1.38 bits per heavy atom. The molecule has 0 radical (unpaired) electrons. The molecule has 1 aliphatic rings. The van der Waals surface area contributed by atoms with Gasteiger partial charge < -0.3 is 4.74 Å². The van der Waals surface area contributed by atoms with Gasteiger partial charge in [0.05, 0.1) is 7.11 Å². The van der Waals surface area contributed by atoms with Crippen molar-refractivity contribution in [3.63, 3.8) is 0 Å². The largest absolute Gasteiger partial charge is 0.468 e. The minimum absolute atomic E-state index is 0.00199. The maximum Gasteiger partial charge on any atom is 0.316 e. The molecule has 1 aliphatic carbocycles. The number of hydrogen-bond donors (Lipinski definition) is 0. The fraction of sp³-hybridized carbons (Fsp3) is 0.800. The van der Waals surface area contributed by atoms with Crippen LogP contribution in [0.1, 0.15) is 26.7 Å². The quantitative estimate of drug-likeness (QED) is 0.457. The third kappa shape index (κ3) is 1.90. The Kier molecular flexibility index (Phi) is 3.07. The fourth-order valence-electron chi connectivity index (χ4n) is 1.80. The van der Waals surface area contributed by atoms with E-state index >= 15 is 0 Å². The van der Waals surface area contributed by atoms with Crippen LogP contribution in [-0.2, 0) is 14.3 Å². The van der Waals surface area contributed by atoms with Crippen molar-refractivity contribution in [3.05, 3.63) is 0 Å². The molecule has 0 N–H and O–H groups in total. The average molecular weight is 184 g/mol. The SMILES string of the molecule is COC(=O)[C@@H]1CC[C@H](C)[C@@H](C)C1=O. The standard InChI is InChI=1S/C10H16O3/c1-6-4-5-8(10(12)13-3)9(11)7(6)2/h6-8H,4-5H2,1-3H3/t6-,7+,8+/m0/s1. The summed E-state index contributed by atoms with van der Waals surface area (Å²) < 4.78 is 4.58. The second-order valence-electron chi connectivity index (χ2n) is 3.82. The summed E-state index contributed by atoms with van der Waals surface area (Å²) in [4.78, 5) is 22.8. The molecule has 3 atom stereocenters. The molecule has 0 aliphatic heterocycles. The Morgan fingerprint density at radius 2 is 2.00 bits per heavy atom. The molecular weight excluding hydrogens is 168 g/mol. The molecule has 0 aromatic heterocycles.